The van der Waals surface area contributed by atoms with E-state index in [4.69, 9.17) is 24.7 Å². The molecule has 3 saturated heterocycles. The Labute approximate surface area is 257 Å². The summed E-state index contributed by atoms with van der Waals surface area (Å²) < 4.78 is 7.88. The van der Waals surface area contributed by atoms with Gasteiger partial charge in [-0.2, -0.15) is 9.78 Å². The molecule has 8 heterocycles. The second kappa shape index (κ2) is 11.2. The van der Waals surface area contributed by atoms with Gasteiger partial charge in [-0.15, -0.1) is 0 Å². The minimum atomic E-state index is 0.309. The lowest BCUT2D eigenvalue weighted by Crippen LogP contribution is -2.68. The first-order chi connectivity index (χ1) is 21.5. The van der Waals surface area contributed by atoms with Crippen LogP contribution in [0.3, 0.4) is 0 Å². The predicted molar refractivity (Wildman–Crippen MR) is 168 cm³/mol. The minimum absolute atomic E-state index is 0.309. The molecule has 4 aliphatic rings. The number of nitrogens with one attached hydrogen (secondary N) is 1. The normalized spacial score (nSPS) is 19.9. The molecule has 1 aliphatic carbocycles. The lowest BCUT2D eigenvalue weighted by atomic mass is 9.87. The first-order valence-electron chi connectivity index (χ1n) is 15.7. The first-order valence-corrected chi connectivity index (χ1v) is 15.7. The van der Waals surface area contributed by atoms with Gasteiger partial charge in [0.15, 0.2) is 11.6 Å². The molecule has 0 amide bonds. The van der Waals surface area contributed by atoms with Crippen molar-refractivity contribution in [2.75, 3.05) is 18.0 Å². The molecule has 10 nitrogen and oxygen atoms in total. The number of ether oxygens (including phenoxy) is 1. The summed E-state index contributed by atoms with van der Waals surface area (Å²) in [5.41, 5.74) is 6.53. The molecular formula is C34H37N9O. The number of rotatable bonds is 9. The van der Waals surface area contributed by atoms with E-state index in [9.17, 15) is 0 Å². The van der Waals surface area contributed by atoms with Crippen LogP contribution >= 0.6 is 0 Å². The summed E-state index contributed by atoms with van der Waals surface area (Å²) >= 11 is 0. The maximum atomic E-state index is 6.09. The molecule has 3 aliphatic heterocycles. The Bertz CT molecular complexity index is 1740. The monoisotopic (exact) mass is 587 g/mol. The van der Waals surface area contributed by atoms with Gasteiger partial charge >= 0.3 is 0 Å². The minimum Gasteiger partial charge on any atom is -0.474 e. The number of anilines is 1. The molecular weight excluding hydrogens is 550 g/mol. The molecule has 0 spiro atoms. The molecule has 2 bridgehead atoms. The van der Waals surface area contributed by atoms with Crippen LogP contribution in [0.2, 0.25) is 0 Å². The molecule has 0 radical (unpaired) electrons. The van der Waals surface area contributed by atoms with Crippen molar-refractivity contribution in [2.45, 2.75) is 70.7 Å². The molecule has 0 aromatic carbocycles. The van der Waals surface area contributed by atoms with Gasteiger partial charge in [0.1, 0.15) is 11.9 Å². The van der Waals surface area contributed by atoms with Gasteiger partial charge in [-0.3, -0.25) is 4.90 Å². The molecule has 5 aromatic rings. The second-order valence-corrected chi connectivity index (χ2v) is 12.5. The number of H-pyrrole nitrogens is 1. The van der Waals surface area contributed by atoms with E-state index in [1.54, 1.807) is 10.9 Å². The van der Waals surface area contributed by atoms with Crippen LogP contribution in [0, 0.1) is 13.8 Å². The second-order valence-electron chi connectivity index (χ2n) is 12.5. The highest BCUT2D eigenvalue weighted by Gasteiger charge is 2.44. The van der Waals surface area contributed by atoms with Crippen LogP contribution in [-0.2, 0) is 13.0 Å². The van der Waals surface area contributed by atoms with Crippen LogP contribution in [0.1, 0.15) is 53.9 Å². The fourth-order valence-corrected chi connectivity index (χ4v) is 6.63. The number of pyridine rings is 2. The van der Waals surface area contributed by atoms with Crippen molar-refractivity contribution in [1.29, 1.82) is 0 Å². The Kier molecular flexibility index (Phi) is 6.86. The zero-order chi connectivity index (χ0) is 29.6. The number of aryl methyl sites for hydroxylation is 2. The number of aromatic nitrogens is 7. The lowest BCUT2D eigenvalue weighted by molar-refractivity contribution is -0.00875. The number of piperazine rings is 1. The summed E-state index contributed by atoms with van der Waals surface area (Å²) in [6.45, 7) is 6.95. The highest BCUT2D eigenvalue weighted by Crippen LogP contribution is 2.36. The van der Waals surface area contributed by atoms with Crippen molar-refractivity contribution in [1.82, 2.24) is 39.6 Å². The van der Waals surface area contributed by atoms with Crippen LogP contribution in [0.5, 0.6) is 5.88 Å². The fraction of sp³-hybridized carbons (Fsp3) is 0.382. The van der Waals surface area contributed by atoms with Crippen LogP contribution in [0.25, 0.3) is 17.2 Å². The summed E-state index contributed by atoms with van der Waals surface area (Å²) in [6, 6.07) is 15.6. The Morgan fingerprint density at radius 3 is 2.45 bits per heavy atom. The van der Waals surface area contributed by atoms with E-state index in [1.165, 1.54) is 24.0 Å². The van der Waals surface area contributed by atoms with Crippen molar-refractivity contribution in [2.24, 2.45) is 0 Å². The fourth-order valence-electron chi connectivity index (χ4n) is 6.63. The number of nitrogens with zero attached hydrogens (tertiary/aromatic N) is 8. The average molecular weight is 588 g/mol. The van der Waals surface area contributed by atoms with E-state index in [1.807, 2.05) is 37.6 Å². The third-order valence-electron chi connectivity index (χ3n) is 9.19. The molecule has 9 rings (SSSR count). The molecule has 5 aromatic heterocycles. The molecule has 224 valence electrons. The zero-order valence-electron chi connectivity index (χ0n) is 25.2. The lowest BCUT2D eigenvalue weighted by Gasteiger charge is -2.56. The maximum Gasteiger partial charge on any atom is 0.218 e. The van der Waals surface area contributed by atoms with Crippen LogP contribution < -0.4 is 9.64 Å². The number of aromatic amines is 1. The summed E-state index contributed by atoms with van der Waals surface area (Å²) in [5, 5.41) is 4.44. The van der Waals surface area contributed by atoms with Crippen molar-refractivity contribution in [3.63, 3.8) is 0 Å². The molecule has 1 saturated carbocycles. The Morgan fingerprint density at radius 2 is 1.75 bits per heavy atom. The predicted octanol–water partition coefficient (Wildman–Crippen LogP) is 5.05. The SMILES string of the molecule is Cc1cc(Cc2c[nH]c(C)c2)nc(-c2ccc(N3CC4CC(C3)N4Cc3ccc(-n4nccc4OC4CCC4)nc3)nc2)n1. The van der Waals surface area contributed by atoms with Crippen molar-refractivity contribution in [3.8, 4) is 23.1 Å². The van der Waals surface area contributed by atoms with Crippen LogP contribution in [-0.4, -0.2) is 70.9 Å². The van der Waals surface area contributed by atoms with Gasteiger partial charge in [-0.05, 0) is 81.0 Å². The van der Waals surface area contributed by atoms with Crippen LogP contribution in [0.15, 0.2) is 67.3 Å². The van der Waals surface area contributed by atoms with Gasteiger partial charge in [0.25, 0.3) is 0 Å². The largest absolute Gasteiger partial charge is 0.474 e. The van der Waals surface area contributed by atoms with E-state index in [0.717, 1.165) is 84.9 Å². The molecule has 2 atom stereocenters. The Balaban J connectivity index is 0.891. The average Bonchev–Trinajstić information content (AvgIpc) is 3.66. The quantitative estimate of drug-likeness (QED) is 0.256. The molecule has 1 N–H and O–H groups in total. The maximum absolute atomic E-state index is 6.09. The number of piperidine rings is 1. The number of hydrogen-bond donors (Lipinski definition) is 1. The van der Waals surface area contributed by atoms with Gasteiger partial charge in [0.2, 0.25) is 5.88 Å². The van der Waals surface area contributed by atoms with Crippen LogP contribution in [0.4, 0.5) is 5.82 Å². The number of hydrogen-bond acceptors (Lipinski definition) is 8. The molecule has 2 unspecified atom stereocenters. The third kappa shape index (κ3) is 5.34. The molecule has 4 fully saturated rings. The van der Waals surface area contributed by atoms with Gasteiger partial charge in [0.05, 0.1) is 6.20 Å². The summed E-state index contributed by atoms with van der Waals surface area (Å²) in [7, 11) is 0. The number of fused-ring (bicyclic) bond motifs is 2. The Morgan fingerprint density at radius 1 is 0.909 bits per heavy atom. The van der Waals surface area contributed by atoms with Crippen molar-refractivity contribution in [3.05, 3.63) is 95.5 Å². The van der Waals surface area contributed by atoms with E-state index in [2.05, 4.69) is 57.1 Å². The first kappa shape index (κ1) is 27.0. The van der Waals surface area contributed by atoms with Gasteiger partial charge in [-0.1, -0.05) is 6.07 Å². The molecule has 44 heavy (non-hydrogen) atoms. The van der Waals surface area contributed by atoms with Gasteiger partial charge < -0.3 is 14.6 Å². The van der Waals surface area contributed by atoms with E-state index in [0.29, 0.717) is 18.2 Å². The summed E-state index contributed by atoms with van der Waals surface area (Å²) in [5.74, 6) is 3.31. The standard InChI is InChI=1S/C34H37N9O/c1-22-12-25(17-35-22)14-27-13-23(2)39-34(40-27)26-7-9-31(37-18-26)41-20-28-15-29(21-41)42(28)19-24-6-8-32(36-16-24)43-33(10-11-38-43)44-30-4-3-5-30/h6-13,16-18,28-30,35H,3-5,14-15,19-21H2,1-2H3. The van der Waals surface area contributed by atoms with Gasteiger partial charge in [0, 0.05) is 85.4 Å². The highest BCUT2D eigenvalue weighted by molar-refractivity contribution is 5.57. The van der Waals surface area contributed by atoms with E-state index < -0.39 is 0 Å². The third-order valence-corrected chi connectivity index (χ3v) is 9.19. The summed E-state index contributed by atoms with van der Waals surface area (Å²) in [4.78, 5) is 27.4. The van der Waals surface area contributed by atoms with Crippen molar-refractivity contribution >= 4 is 5.82 Å². The zero-order valence-corrected chi connectivity index (χ0v) is 25.2. The highest BCUT2D eigenvalue weighted by atomic mass is 16.5. The smallest absolute Gasteiger partial charge is 0.218 e. The van der Waals surface area contributed by atoms with E-state index >= 15 is 0 Å². The topological polar surface area (TPSA) is 101 Å². The summed E-state index contributed by atoms with van der Waals surface area (Å²) in [6.07, 6.45) is 13.5. The van der Waals surface area contributed by atoms with Crippen molar-refractivity contribution < 1.29 is 4.74 Å². The molecule has 10 heteroatoms. The Hall–Kier alpha value is -4.57. The van der Waals surface area contributed by atoms with E-state index in [-0.39, 0.29) is 0 Å². The van der Waals surface area contributed by atoms with Gasteiger partial charge in [-0.25, -0.2) is 19.9 Å².